The smallest absolute Gasteiger partial charge is 0.266 e. The normalized spacial score (nSPS) is 10.9. The quantitative estimate of drug-likeness (QED) is 0.266. The van der Waals surface area contributed by atoms with Crippen molar-refractivity contribution in [2.24, 2.45) is 0 Å². The lowest BCUT2D eigenvalue weighted by Gasteiger charge is -2.12. The van der Waals surface area contributed by atoms with E-state index in [9.17, 15) is 10.1 Å². The molecule has 0 saturated carbocycles. The second-order valence-electron chi connectivity index (χ2n) is 6.55. The molecule has 3 rings (SSSR count). The largest absolute Gasteiger partial charge is 0.493 e. The van der Waals surface area contributed by atoms with Crippen LogP contribution in [0.3, 0.4) is 0 Å². The summed E-state index contributed by atoms with van der Waals surface area (Å²) in [4.78, 5) is 12.6. The minimum atomic E-state index is -0.605. The van der Waals surface area contributed by atoms with Gasteiger partial charge in [-0.25, -0.2) is 0 Å². The number of anilines is 1. The number of halogens is 3. The number of hydrogen-bond donors (Lipinski definition) is 1. The molecule has 0 aromatic heterocycles. The fourth-order valence-electron chi connectivity index (χ4n) is 2.74. The summed E-state index contributed by atoms with van der Waals surface area (Å²) in [6.45, 7) is 0.366. The van der Waals surface area contributed by atoms with Crippen molar-refractivity contribution in [3.63, 3.8) is 0 Å². The predicted octanol–water partition coefficient (Wildman–Crippen LogP) is 6.89. The minimum absolute atomic E-state index is 0.105. The van der Waals surface area contributed by atoms with Gasteiger partial charge in [0.25, 0.3) is 5.91 Å². The van der Waals surface area contributed by atoms with E-state index in [0.717, 1.165) is 10.0 Å². The van der Waals surface area contributed by atoms with E-state index in [1.54, 1.807) is 36.4 Å². The van der Waals surface area contributed by atoms with Crippen LogP contribution in [0.2, 0.25) is 10.0 Å². The third-order valence-electron chi connectivity index (χ3n) is 4.37. The van der Waals surface area contributed by atoms with Gasteiger partial charge >= 0.3 is 0 Å². The summed E-state index contributed by atoms with van der Waals surface area (Å²) in [5.74, 6) is 0.416. The van der Waals surface area contributed by atoms with E-state index in [1.165, 1.54) is 13.2 Å². The van der Waals surface area contributed by atoms with E-state index in [1.807, 2.05) is 30.3 Å². The third-order valence-corrected chi connectivity index (χ3v) is 5.72. The number of nitrogens with zero attached hydrogens (tertiary/aromatic N) is 1. The minimum Gasteiger partial charge on any atom is -0.493 e. The molecule has 0 bridgehead atoms. The van der Waals surface area contributed by atoms with Crippen molar-refractivity contribution in [1.29, 1.82) is 5.26 Å². The van der Waals surface area contributed by atoms with Crippen LogP contribution >= 0.6 is 39.1 Å². The Hall–Kier alpha value is -2.98. The molecule has 0 spiro atoms. The van der Waals surface area contributed by atoms with Gasteiger partial charge in [0.1, 0.15) is 18.2 Å². The first-order valence-electron chi connectivity index (χ1n) is 9.33. The molecule has 0 saturated heterocycles. The Bertz CT molecular complexity index is 1200. The highest BCUT2D eigenvalue weighted by atomic mass is 79.9. The van der Waals surface area contributed by atoms with Crippen LogP contribution in [-0.4, -0.2) is 13.0 Å². The fourth-order valence-corrected chi connectivity index (χ4v) is 3.35. The first-order valence-corrected chi connectivity index (χ1v) is 10.9. The maximum Gasteiger partial charge on any atom is 0.266 e. The highest BCUT2D eigenvalue weighted by Crippen LogP contribution is 2.31. The number of rotatable bonds is 7. The van der Waals surface area contributed by atoms with Crippen molar-refractivity contribution in [3.8, 4) is 17.6 Å². The van der Waals surface area contributed by atoms with Gasteiger partial charge < -0.3 is 14.8 Å². The summed E-state index contributed by atoms with van der Waals surface area (Å²) in [5.41, 5.74) is 1.82. The standard InChI is InChI=1S/C24H17BrCl2N2O3/c1-31-22-12-16(7-10-21(22)32-14-15-5-8-18(25)9-6-15)11-17(13-28)24(30)29-20-4-2-3-19(26)23(20)27/h2-12H,14H2,1H3,(H,29,30)/b17-11-. The van der Waals surface area contributed by atoms with Crippen molar-refractivity contribution >= 4 is 56.8 Å². The topological polar surface area (TPSA) is 71.3 Å². The van der Waals surface area contributed by atoms with Crippen molar-refractivity contribution in [3.05, 3.63) is 91.9 Å². The number of hydrogen-bond acceptors (Lipinski definition) is 4. The summed E-state index contributed by atoms with van der Waals surface area (Å²) < 4.78 is 12.3. The lowest BCUT2D eigenvalue weighted by molar-refractivity contribution is -0.112. The molecule has 5 nitrogen and oxygen atoms in total. The van der Waals surface area contributed by atoms with Crippen LogP contribution in [-0.2, 0) is 11.4 Å². The molecule has 0 fully saturated rings. The Morgan fingerprint density at radius 3 is 2.56 bits per heavy atom. The highest BCUT2D eigenvalue weighted by molar-refractivity contribution is 9.10. The molecule has 0 atom stereocenters. The molecular formula is C24H17BrCl2N2O3. The van der Waals surface area contributed by atoms with Gasteiger partial charge in [0.15, 0.2) is 11.5 Å². The molecule has 0 unspecified atom stereocenters. The molecular weight excluding hydrogens is 515 g/mol. The molecule has 162 valence electrons. The van der Waals surface area contributed by atoms with Gasteiger partial charge in [-0.3, -0.25) is 4.79 Å². The molecule has 0 aliphatic rings. The van der Waals surface area contributed by atoms with Crippen LogP contribution in [0, 0.1) is 11.3 Å². The highest BCUT2D eigenvalue weighted by Gasteiger charge is 2.14. The zero-order valence-electron chi connectivity index (χ0n) is 16.9. The molecule has 0 heterocycles. The average molecular weight is 532 g/mol. The predicted molar refractivity (Wildman–Crippen MR) is 130 cm³/mol. The van der Waals surface area contributed by atoms with E-state index in [-0.39, 0.29) is 10.6 Å². The third kappa shape index (κ3) is 6.04. The van der Waals surface area contributed by atoms with Gasteiger partial charge in [-0.15, -0.1) is 0 Å². The SMILES string of the molecule is COc1cc(/C=C(/C#N)C(=O)Nc2cccc(Cl)c2Cl)ccc1OCc1ccc(Br)cc1. The van der Waals surface area contributed by atoms with E-state index in [0.29, 0.717) is 34.4 Å². The summed E-state index contributed by atoms with van der Waals surface area (Å²) >= 11 is 15.5. The van der Waals surface area contributed by atoms with Crippen LogP contribution in [0.1, 0.15) is 11.1 Å². The van der Waals surface area contributed by atoms with E-state index in [4.69, 9.17) is 32.7 Å². The van der Waals surface area contributed by atoms with Gasteiger partial charge in [-0.1, -0.05) is 63.4 Å². The number of nitrogens with one attached hydrogen (secondary N) is 1. The number of nitriles is 1. The second kappa shape index (κ2) is 11.1. The maximum atomic E-state index is 12.6. The van der Waals surface area contributed by atoms with Crippen LogP contribution in [0.25, 0.3) is 6.08 Å². The number of amides is 1. The van der Waals surface area contributed by atoms with Gasteiger partial charge in [0, 0.05) is 4.47 Å². The molecule has 0 aliphatic heterocycles. The molecule has 3 aromatic carbocycles. The number of carbonyl (C=O) groups excluding carboxylic acids is 1. The summed E-state index contributed by atoms with van der Waals surface area (Å²) in [6.07, 6.45) is 1.45. The average Bonchev–Trinajstić information content (AvgIpc) is 2.80. The molecule has 1 amide bonds. The zero-order valence-corrected chi connectivity index (χ0v) is 20.0. The van der Waals surface area contributed by atoms with Gasteiger partial charge in [0.05, 0.1) is 22.8 Å². The number of carbonyl (C=O) groups is 1. The number of benzene rings is 3. The number of methoxy groups -OCH3 is 1. The summed E-state index contributed by atoms with van der Waals surface area (Å²) in [5, 5.41) is 12.6. The van der Waals surface area contributed by atoms with Crippen molar-refractivity contribution in [2.45, 2.75) is 6.61 Å². The van der Waals surface area contributed by atoms with E-state index < -0.39 is 5.91 Å². The van der Waals surface area contributed by atoms with Crippen LogP contribution in [0.5, 0.6) is 11.5 Å². The summed E-state index contributed by atoms with van der Waals surface area (Å²) in [7, 11) is 1.52. The lowest BCUT2D eigenvalue weighted by atomic mass is 10.1. The van der Waals surface area contributed by atoms with Gasteiger partial charge in [0.2, 0.25) is 0 Å². The first kappa shape index (κ1) is 23.7. The monoisotopic (exact) mass is 530 g/mol. The second-order valence-corrected chi connectivity index (χ2v) is 8.25. The first-order chi connectivity index (χ1) is 15.4. The van der Waals surface area contributed by atoms with Crippen molar-refractivity contribution in [2.75, 3.05) is 12.4 Å². The Morgan fingerprint density at radius 1 is 1.12 bits per heavy atom. The molecule has 0 aliphatic carbocycles. The van der Waals surface area contributed by atoms with Crippen molar-refractivity contribution in [1.82, 2.24) is 0 Å². The molecule has 3 aromatic rings. The van der Waals surface area contributed by atoms with E-state index in [2.05, 4.69) is 21.2 Å². The van der Waals surface area contributed by atoms with Gasteiger partial charge in [-0.05, 0) is 53.6 Å². The van der Waals surface area contributed by atoms with Crippen LogP contribution in [0.4, 0.5) is 5.69 Å². The van der Waals surface area contributed by atoms with Gasteiger partial charge in [-0.2, -0.15) is 5.26 Å². The Kier molecular flexibility index (Phi) is 8.18. The Balaban J connectivity index is 1.77. The molecule has 1 N–H and O–H groups in total. The van der Waals surface area contributed by atoms with E-state index >= 15 is 0 Å². The lowest BCUT2D eigenvalue weighted by Crippen LogP contribution is -2.13. The fraction of sp³-hybridized carbons (Fsp3) is 0.0833. The zero-order chi connectivity index (χ0) is 23.1. The van der Waals surface area contributed by atoms with Crippen molar-refractivity contribution < 1.29 is 14.3 Å². The molecule has 8 heteroatoms. The number of ether oxygens (including phenoxy) is 2. The Labute approximate surface area is 204 Å². The maximum absolute atomic E-state index is 12.6. The Morgan fingerprint density at radius 2 is 1.88 bits per heavy atom. The molecule has 32 heavy (non-hydrogen) atoms. The van der Waals surface area contributed by atoms with Crippen LogP contribution in [0.15, 0.2) is 70.7 Å². The van der Waals surface area contributed by atoms with Crippen LogP contribution < -0.4 is 14.8 Å². The summed E-state index contributed by atoms with van der Waals surface area (Å²) in [6, 6.07) is 19.7. The molecule has 0 radical (unpaired) electrons.